The lowest BCUT2D eigenvalue weighted by atomic mass is 10.2. The quantitative estimate of drug-likeness (QED) is 0.291. The summed E-state index contributed by atoms with van der Waals surface area (Å²) in [7, 11) is 1.61. The largest absolute Gasteiger partial charge is 0.453 e. The molecule has 202 valence electrons. The van der Waals surface area contributed by atoms with E-state index in [4.69, 9.17) is 16.3 Å². The fourth-order valence-corrected chi connectivity index (χ4v) is 4.48. The summed E-state index contributed by atoms with van der Waals surface area (Å²) in [5, 5.41) is 5.69. The molecule has 2 N–H and O–H groups in total. The van der Waals surface area contributed by atoms with Crippen LogP contribution in [0.4, 0.5) is 15.9 Å². The lowest BCUT2D eigenvalue weighted by Gasteiger charge is -2.09. The zero-order chi connectivity index (χ0) is 28.0. The van der Waals surface area contributed by atoms with Gasteiger partial charge in [0.25, 0.3) is 11.5 Å². The van der Waals surface area contributed by atoms with E-state index in [1.807, 2.05) is 0 Å². The van der Waals surface area contributed by atoms with E-state index in [2.05, 4.69) is 15.6 Å². The van der Waals surface area contributed by atoms with Crippen molar-refractivity contribution >= 4 is 40.6 Å². The van der Waals surface area contributed by atoms with Gasteiger partial charge < -0.3 is 19.8 Å². The Hall–Kier alpha value is -4.90. The molecule has 0 spiro atoms. The highest BCUT2D eigenvalue weighted by molar-refractivity contribution is 6.32. The first kappa shape index (κ1) is 25.4. The first-order valence-corrected chi connectivity index (χ1v) is 12.8. The number of nitrogens with one attached hydrogen (secondary N) is 2. The number of fused-ring (bicyclic) bond motifs is 1. The van der Waals surface area contributed by atoms with Crippen molar-refractivity contribution in [3.63, 3.8) is 0 Å². The van der Waals surface area contributed by atoms with Gasteiger partial charge in [0.15, 0.2) is 17.4 Å². The number of para-hydroxylation sites is 1. The number of anilines is 2. The average Bonchev–Trinajstić information content (AvgIpc) is 3.64. The summed E-state index contributed by atoms with van der Waals surface area (Å²) in [6, 6.07) is 14.0. The van der Waals surface area contributed by atoms with Crippen molar-refractivity contribution in [1.29, 1.82) is 0 Å². The van der Waals surface area contributed by atoms with E-state index in [1.165, 1.54) is 27.7 Å². The Kier molecular flexibility index (Phi) is 6.35. The number of nitrogens with zero attached hydrogens (tertiary/aromatic N) is 4. The maximum Gasteiger partial charge on any atom is 0.284 e. The minimum atomic E-state index is -0.720. The first-order valence-electron chi connectivity index (χ1n) is 12.4. The van der Waals surface area contributed by atoms with Crippen molar-refractivity contribution in [2.75, 3.05) is 10.6 Å². The van der Waals surface area contributed by atoms with Gasteiger partial charge in [-0.1, -0.05) is 23.7 Å². The Morgan fingerprint density at radius 3 is 2.60 bits per heavy atom. The van der Waals surface area contributed by atoms with E-state index >= 15 is 0 Å². The van der Waals surface area contributed by atoms with Gasteiger partial charge in [-0.2, -0.15) is 0 Å². The van der Waals surface area contributed by atoms with Gasteiger partial charge in [-0.3, -0.25) is 19.1 Å². The van der Waals surface area contributed by atoms with E-state index in [-0.39, 0.29) is 28.8 Å². The topological polar surface area (TPSA) is 112 Å². The van der Waals surface area contributed by atoms with Crippen molar-refractivity contribution in [2.24, 2.45) is 13.0 Å². The highest BCUT2D eigenvalue weighted by Gasteiger charge is 2.30. The van der Waals surface area contributed by atoms with Gasteiger partial charge in [0, 0.05) is 30.9 Å². The third kappa shape index (κ3) is 4.94. The van der Waals surface area contributed by atoms with Gasteiger partial charge in [-0.25, -0.2) is 14.1 Å². The molecular formula is C28H22ClFN6O4. The van der Waals surface area contributed by atoms with Crippen LogP contribution in [0.2, 0.25) is 5.02 Å². The van der Waals surface area contributed by atoms with E-state index in [9.17, 15) is 18.8 Å². The Morgan fingerprint density at radius 2 is 1.85 bits per heavy atom. The number of carbonyl (C=O) groups is 2. The number of ether oxygens (including phenoxy) is 1. The number of rotatable bonds is 7. The van der Waals surface area contributed by atoms with Crippen LogP contribution in [-0.4, -0.2) is 30.6 Å². The second-order valence-electron chi connectivity index (χ2n) is 9.41. The molecule has 0 saturated heterocycles. The van der Waals surface area contributed by atoms with Gasteiger partial charge >= 0.3 is 0 Å². The van der Waals surface area contributed by atoms with Crippen LogP contribution in [0.1, 0.15) is 23.2 Å². The van der Waals surface area contributed by atoms with Gasteiger partial charge in [0.2, 0.25) is 5.91 Å². The van der Waals surface area contributed by atoms with E-state index in [0.717, 1.165) is 18.9 Å². The van der Waals surface area contributed by atoms with Crippen molar-refractivity contribution in [3.05, 3.63) is 99.9 Å². The summed E-state index contributed by atoms with van der Waals surface area (Å²) in [5.74, 6) is -0.716. The summed E-state index contributed by atoms with van der Waals surface area (Å²) in [4.78, 5) is 42.2. The maximum absolute atomic E-state index is 14.9. The summed E-state index contributed by atoms with van der Waals surface area (Å²) >= 11 is 6.22. The van der Waals surface area contributed by atoms with Crippen LogP contribution < -0.4 is 20.9 Å². The number of aromatic nitrogens is 4. The van der Waals surface area contributed by atoms with Crippen LogP contribution in [0.5, 0.6) is 11.5 Å². The molecule has 1 aliphatic rings. The average molecular weight is 561 g/mol. The molecule has 0 atom stereocenters. The molecular weight excluding hydrogens is 539 g/mol. The Bertz CT molecular complexity index is 1860. The molecule has 0 aliphatic heterocycles. The molecule has 12 heteroatoms. The summed E-state index contributed by atoms with van der Waals surface area (Å²) in [6.45, 7) is 0. The third-order valence-corrected chi connectivity index (χ3v) is 6.74. The minimum absolute atomic E-state index is 0.0485. The van der Waals surface area contributed by atoms with E-state index in [1.54, 1.807) is 60.2 Å². The maximum atomic E-state index is 14.9. The normalized spacial score (nSPS) is 12.9. The van der Waals surface area contributed by atoms with Gasteiger partial charge in [-0.05, 0) is 49.2 Å². The highest BCUT2D eigenvalue weighted by Crippen LogP contribution is 2.31. The second kappa shape index (κ2) is 10.0. The van der Waals surface area contributed by atoms with E-state index < -0.39 is 17.3 Å². The van der Waals surface area contributed by atoms with Crippen molar-refractivity contribution in [3.8, 4) is 17.2 Å². The number of halogens is 2. The minimum Gasteiger partial charge on any atom is -0.453 e. The molecule has 40 heavy (non-hydrogen) atoms. The van der Waals surface area contributed by atoms with Crippen LogP contribution in [-0.2, 0) is 11.8 Å². The fourth-order valence-electron chi connectivity index (χ4n) is 4.27. The molecule has 3 aromatic heterocycles. The van der Waals surface area contributed by atoms with Crippen LogP contribution in [0.15, 0.2) is 78.0 Å². The summed E-state index contributed by atoms with van der Waals surface area (Å²) in [6.07, 6.45) is 6.43. The van der Waals surface area contributed by atoms with Crippen LogP contribution >= 0.6 is 11.6 Å². The molecule has 1 aliphatic carbocycles. The molecule has 2 amide bonds. The van der Waals surface area contributed by atoms with Crippen LogP contribution in [0.25, 0.3) is 11.3 Å². The second-order valence-corrected chi connectivity index (χ2v) is 9.81. The zero-order valence-corrected chi connectivity index (χ0v) is 21.9. The number of aryl methyl sites for hydroxylation is 1. The number of imidazole rings is 1. The molecule has 1 fully saturated rings. The number of benzene rings is 2. The van der Waals surface area contributed by atoms with Crippen molar-refractivity contribution < 1.29 is 18.7 Å². The number of hydrogen-bond acceptors (Lipinski definition) is 5. The smallest absolute Gasteiger partial charge is 0.284 e. The molecule has 5 aromatic rings. The standard InChI is InChI=1S/C28H22ClFN6O4/c1-34-14-19(28(39)36(34)22-5-3-2-4-20(22)29)27(38)31-17-8-10-23(21(30)12-17)40-18-9-11-25-32-24(15-35(25)13-18)33-26(37)16-6-7-16/h2-5,8-16H,6-7H2,1H3,(H,31,38)(H,33,37). The fraction of sp³-hybridized carbons (Fsp3) is 0.143. The molecule has 0 unspecified atom stereocenters. The Balaban J connectivity index is 1.16. The number of carbonyl (C=O) groups excluding carboxylic acids is 2. The monoisotopic (exact) mass is 560 g/mol. The first-order chi connectivity index (χ1) is 19.3. The van der Waals surface area contributed by atoms with Gasteiger partial charge in [0.1, 0.15) is 17.0 Å². The zero-order valence-electron chi connectivity index (χ0n) is 21.1. The molecule has 2 aromatic carbocycles. The third-order valence-electron chi connectivity index (χ3n) is 6.42. The molecule has 3 heterocycles. The molecule has 6 rings (SSSR count). The van der Waals surface area contributed by atoms with Crippen molar-refractivity contribution in [2.45, 2.75) is 12.8 Å². The number of hydrogen-bond donors (Lipinski definition) is 2. The van der Waals surface area contributed by atoms with Crippen molar-refractivity contribution in [1.82, 2.24) is 18.7 Å². The Labute approximate surface area is 231 Å². The molecule has 0 radical (unpaired) electrons. The summed E-state index contributed by atoms with van der Waals surface area (Å²) < 4.78 is 25.0. The molecule has 10 nitrogen and oxygen atoms in total. The molecule has 1 saturated carbocycles. The highest BCUT2D eigenvalue weighted by atomic mass is 35.5. The number of pyridine rings is 1. The lowest BCUT2D eigenvalue weighted by molar-refractivity contribution is -0.117. The number of amides is 2. The van der Waals surface area contributed by atoms with Crippen LogP contribution in [0, 0.1) is 11.7 Å². The predicted octanol–water partition coefficient (Wildman–Crippen LogP) is 5.01. The predicted molar refractivity (Wildman–Crippen MR) is 147 cm³/mol. The van der Waals surface area contributed by atoms with E-state index in [0.29, 0.717) is 27.9 Å². The molecule has 0 bridgehead atoms. The van der Waals surface area contributed by atoms with Gasteiger partial charge in [-0.15, -0.1) is 0 Å². The summed E-state index contributed by atoms with van der Waals surface area (Å²) in [5.41, 5.74) is 0.453. The van der Waals surface area contributed by atoms with Crippen LogP contribution in [0.3, 0.4) is 0 Å². The Morgan fingerprint density at radius 1 is 1.05 bits per heavy atom. The SMILES string of the molecule is Cn1cc(C(=O)Nc2ccc(Oc3ccc4nc(NC(=O)C5CC5)cn4c3)c(F)c2)c(=O)n1-c1ccccc1Cl. The van der Waals surface area contributed by atoms with Gasteiger partial charge in [0.05, 0.1) is 23.1 Å². The lowest BCUT2D eigenvalue weighted by Crippen LogP contribution is -2.25.